The third-order valence-electron chi connectivity index (χ3n) is 1.88. The van der Waals surface area contributed by atoms with E-state index in [-0.39, 0.29) is 0 Å². The summed E-state index contributed by atoms with van der Waals surface area (Å²) in [6, 6.07) is 0. The second kappa shape index (κ2) is 5.31. The Hall–Kier alpha value is -1.08. The van der Waals surface area contributed by atoms with Crippen LogP contribution < -0.4 is 5.32 Å². The van der Waals surface area contributed by atoms with E-state index in [1.54, 1.807) is 11.3 Å². The first-order valence-corrected chi connectivity index (χ1v) is 6.71. The van der Waals surface area contributed by atoms with Crippen molar-refractivity contribution < 1.29 is 0 Å². The van der Waals surface area contributed by atoms with E-state index in [9.17, 15) is 0 Å². The van der Waals surface area contributed by atoms with Crippen LogP contribution in [-0.4, -0.2) is 19.8 Å². The van der Waals surface area contributed by atoms with Gasteiger partial charge in [-0.2, -0.15) is 0 Å². The highest BCUT2D eigenvalue weighted by Gasteiger charge is 2.06. The second-order valence-electron chi connectivity index (χ2n) is 3.85. The smallest absolute Gasteiger partial charge is 0.205 e. The molecule has 0 atom stereocenters. The molecule has 0 aliphatic heterocycles. The molecule has 0 spiro atoms. The normalized spacial score (nSPS) is 10.9. The van der Waals surface area contributed by atoms with Gasteiger partial charge in [0.05, 0.1) is 12.2 Å². The number of hydrogen-bond acceptors (Lipinski definition) is 7. The van der Waals surface area contributed by atoms with Gasteiger partial charge in [0, 0.05) is 11.8 Å². The Labute approximate surface area is 102 Å². The van der Waals surface area contributed by atoms with E-state index in [0.717, 1.165) is 22.3 Å². The minimum absolute atomic E-state index is 0.614. The SMILES string of the molecule is CC(C)Cc1nnc(NCc2csnn2)s1. The molecule has 0 saturated carbocycles. The van der Waals surface area contributed by atoms with Gasteiger partial charge in [-0.1, -0.05) is 29.7 Å². The zero-order valence-electron chi connectivity index (χ0n) is 9.17. The summed E-state index contributed by atoms with van der Waals surface area (Å²) < 4.78 is 3.80. The van der Waals surface area contributed by atoms with Gasteiger partial charge >= 0.3 is 0 Å². The van der Waals surface area contributed by atoms with Crippen molar-refractivity contribution in [3.8, 4) is 0 Å². The van der Waals surface area contributed by atoms with Gasteiger partial charge in [-0.05, 0) is 17.5 Å². The average molecular weight is 255 g/mol. The molecule has 0 unspecified atom stereocenters. The lowest BCUT2D eigenvalue weighted by Crippen LogP contribution is -1.99. The van der Waals surface area contributed by atoms with Crippen LogP contribution in [0.4, 0.5) is 5.13 Å². The standard InChI is InChI=1S/C9H13N5S2/c1-6(2)3-8-12-13-9(16-8)10-4-7-5-15-14-11-7/h5-6H,3-4H2,1-2H3,(H,10,13). The van der Waals surface area contributed by atoms with E-state index in [2.05, 4.69) is 38.9 Å². The summed E-state index contributed by atoms with van der Waals surface area (Å²) in [6.45, 7) is 5.01. The Kier molecular flexibility index (Phi) is 3.79. The summed E-state index contributed by atoms with van der Waals surface area (Å²) in [5.74, 6) is 0.614. The van der Waals surface area contributed by atoms with Crippen molar-refractivity contribution in [2.45, 2.75) is 26.8 Å². The van der Waals surface area contributed by atoms with E-state index in [4.69, 9.17) is 0 Å². The number of aromatic nitrogens is 4. The van der Waals surface area contributed by atoms with Crippen LogP contribution in [0.15, 0.2) is 5.38 Å². The second-order valence-corrected chi connectivity index (χ2v) is 5.52. The lowest BCUT2D eigenvalue weighted by molar-refractivity contribution is 0.640. The topological polar surface area (TPSA) is 63.6 Å². The molecule has 0 amide bonds. The summed E-state index contributed by atoms with van der Waals surface area (Å²) in [5, 5.41) is 19.2. The Bertz CT molecular complexity index is 423. The maximum Gasteiger partial charge on any atom is 0.205 e. The zero-order chi connectivity index (χ0) is 11.4. The summed E-state index contributed by atoms with van der Waals surface area (Å²) in [6.07, 6.45) is 0.984. The quantitative estimate of drug-likeness (QED) is 0.887. The highest BCUT2D eigenvalue weighted by Crippen LogP contribution is 2.18. The molecule has 0 fully saturated rings. The minimum Gasteiger partial charge on any atom is -0.354 e. The van der Waals surface area contributed by atoms with Crippen molar-refractivity contribution in [2.75, 3.05) is 5.32 Å². The monoisotopic (exact) mass is 255 g/mol. The van der Waals surface area contributed by atoms with Gasteiger partial charge in [-0.3, -0.25) is 0 Å². The minimum atomic E-state index is 0.614. The molecule has 1 N–H and O–H groups in total. The van der Waals surface area contributed by atoms with Gasteiger partial charge in [0.15, 0.2) is 0 Å². The van der Waals surface area contributed by atoms with Crippen LogP contribution in [0.25, 0.3) is 0 Å². The number of hydrogen-bond donors (Lipinski definition) is 1. The number of nitrogens with zero attached hydrogens (tertiary/aromatic N) is 4. The molecule has 16 heavy (non-hydrogen) atoms. The largest absolute Gasteiger partial charge is 0.354 e. The van der Waals surface area contributed by atoms with Crippen molar-refractivity contribution >= 4 is 28.0 Å². The molecule has 0 aliphatic carbocycles. The van der Waals surface area contributed by atoms with Crippen molar-refractivity contribution in [2.24, 2.45) is 5.92 Å². The predicted octanol–water partition coefficient (Wildman–Crippen LogP) is 2.20. The maximum atomic E-state index is 4.13. The van der Waals surface area contributed by atoms with Gasteiger partial charge in [-0.15, -0.1) is 15.3 Å². The summed E-state index contributed by atoms with van der Waals surface area (Å²) in [4.78, 5) is 0. The van der Waals surface area contributed by atoms with Crippen molar-refractivity contribution in [3.05, 3.63) is 16.1 Å². The van der Waals surface area contributed by atoms with Crippen LogP contribution in [0.1, 0.15) is 24.5 Å². The molecule has 0 saturated heterocycles. The van der Waals surface area contributed by atoms with E-state index in [1.807, 2.05) is 5.38 Å². The molecule has 0 aromatic carbocycles. The maximum absolute atomic E-state index is 4.13. The molecule has 2 aromatic heterocycles. The van der Waals surface area contributed by atoms with Crippen molar-refractivity contribution in [3.63, 3.8) is 0 Å². The molecule has 86 valence electrons. The van der Waals surface area contributed by atoms with Crippen LogP contribution in [0.2, 0.25) is 0 Å². The molecule has 2 rings (SSSR count). The Morgan fingerprint density at radius 3 is 2.88 bits per heavy atom. The van der Waals surface area contributed by atoms with Crippen LogP contribution in [0.3, 0.4) is 0 Å². The van der Waals surface area contributed by atoms with Gasteiger partial charge in [-0.25, -0.2) is 0 Å². The van der Waals surface area contributed by atoms with Crippen LogP contribution in [0.5, 0.6) is 0 Å². The Balaban J connectivity index is 1.88. The van der Waals surface area contributed by atoms with Crippen molar-refractivity contribution in [1.82, 2.24) is 19.8 Å². The Morgan fingerprint density at radius 1 is 1.31 bits per heavy atom. The van der Waals surface area contributed by atoms with Crippen LogP contribution in [0, 0.1) is 5.92 Å². The fourth-order valence-electron chi connectivity index (χ4n) is 1.18. The van der Waals surface area contributed by atoms with Gasteiger partial charge < -0.3 is 5.32 Å². The van der Waals surface area contributed by atoms with E-state index in [0.29, 0.717) is 12.5 Å². The molecular formula is C9H13N5S2. The number of nitrogens with one attached hydrogen (secondary N) is 1. The molecule has 2 aromatic rings. The average Bonchev–Trinajstić information content (AvgIpc) is 2.84. The third kappa shape index (κ3) is 3.21. The summed E-state index contributed by atoms with van der Waals surface area (Å²) in [5.41, 5.74) is 0.936. The molecular weight excluding hydrogens is 242 g/mol. The molecule has 5 nitrogen and oxygen atoms in total. The summed E-state index contributed by atoms with van der Waals surface area (Å²) >= 11 is 2.96. The zero-order valence-corrected chi connectivity index (χ0v) is 10.8. The fraction of sp³-hybridized carbons (Fsp3) is 0.556. The molecule has 0 aliphatic rings. The van der Waals surface area contributed by atoms with Gasteiger partial charge in [0.25, 0.3) is 0 Å². The lowest BCUT2D eigenvalue weighted by atomic mass is 10.1. The van der Waals surface area contributed by atoms with Gasteiger partial charge in [0.2, 0.25) is 5.13 Å². The number of rotatable bonds is 5. The first-order valence-electron chi connectivity index (χ1n) is 5.06. The lowest BCUT2D eigenvalue weighted by Gasteiger charge is -1.98. The van der Waals surface area contributed by atoms with E-state index < -0.39 is 0 Å². The van der Waals surface area contributed by atoms with Gasteiger partial charge in [0.1, 0.15) is 5.01 Å². The first-order chi connectivity index (χ1) is 7.74. The third-order valence-corrected chi connectivity index (χ3v) is 3.33. The highest BCUT2D eigenvalue weighted by atomic mass is 32.1. The van der Waals surface area contributed by atoms with Crippen LogP contribution in [-0.2, 0) is 13.0 Å². The first kappa shape index (κ1) is 11.4. The fourth-order valence-corrected chi connectivity index (χ4v) is 2.58. The summed E-state index contributed by atoms with van der Waals surface area (Å²) in [7, 11) is 0. The molecule has 7 heteroatoms. The Morgan fingerprint density at radius 2 is 2.19 bits per heavy atom. The van der Waals surface area contributed by atoms with E-state index in [1.165, 1.54) is 11.5 Å². The molecule has 2 heterocycles. The highest BCUT2D eigenvalue weighted by molar-refractivity contribution is 7.15. The molecule has 0 radical (unpaired) electrons. The van der Waals surface area contributed by atoms with Crippen LogP contribution >= 0.6 is 22.9 Å². The van der Waals surface area contributed by atoms with Crippen molar-refractivity contribution in [1.29, 1.82) is 0 Å². The van der Waals surface area contributed by atoms with E-state index >= 15 is 0 Å². The molecule has 0 bridgehead atoms. The number of anilines is 1. The predicted molar refractivity (Wildman–Crippen MR) is 65.7 cm³/mol.